The van der Waals surface area contributed by atoms with Crippen LogP contribution in [0.5, 0.6) is 17.2 Å². The second-order valence-electron chi connectivity index (χ2n) is 16.3. The van der Waals surface area contributed by atoms with Gasteiger partial charge in [-0.05, 0) is 130 Å². The monoisotopic (exact) mass is 728 g/mol. The zero-order valence-corrected chi connectivity index (χ0v) is 31.5. The van der Waals surface area contributed by atoms with Gasteiger partial charge in [-0.15, -0.1) is 0 Å². The van der Waals surface area contributed by atoms with Gasteiger partial charge in [-0.2, -0.15) is 0 Å². The van der Waals surface area contributed by atoms with Crippen molar-refractivity contribution in [3.63, 3.8) is 0 Å². The molecule has 9 heteroatoms. The highest BCUT2D eigenvalue weighted by molar-refractivity contribution is 6.11. The number of piperidine rings is 1. The number of para-hydroxylation sites is 1. The summed E-state index contributed by atoms with van der Waals surface area (Å²) in [6.45, 7) is 3.71. The Bertz CT molecular complexity index is 2190. The van der Waals surface area contributed by atoms with Crippen LogP contribution < -0.4 is 9.47 Å². The summed E-state index contributed by atoms with van der Waals surface area (Å²) >= 11 is 0. The molecule has 0 amide bonds. The van der Waals surface area contributed by atoms with Crippen LogP contribution in [-0.2, 0) is 4.79 Å². The van der Waals surface area contributed by atoms with Crippen LogP contribution >= 0.6 is 0 Å². The maximum atomic E-state index is 13.9. The number of carbonyl (C=O) groups excluding carboxylic acids is 1. The number of benzene rings is 2. The third-order valence-electron chi connectivity index (χ3n) is 13.4. The Hall–Kier alpha value is -4.44. The second-order valence-corrected chi connectivity index (χ2v) is 16.3. The van der Waals surface area contributed by atoms with Gasteiger partial charge >= 0.3 is 0 Å². The Kier molecular flexibility index (Phi) is 9.15. The zero-order valence-electron chi connectivity index (χ0n) is 31.5. The average Bonchev–Trinajstić information content (AvgIpc) is 3.71. The molecule has 1 unspecified atom stereocenters. The zero-order chi connectivity index (χ0) is 37.0. The lowest BCUT2D eigenvalue weighted by Crippen LogP contribution is -2.65. The van der Waals surface area contributed by atoms with E-state index < -0.39 is 5.60 Å². The molecule has 4 aliphatic heterocycles. The van der Waals surface area contributed by atoms with E-state index in [1.807, 2.05) is 48.7 Å². The van der Waals surface area contributed by atoms with Crippen LogP contribution in [0.3, 0.4) is 0 Å². The smallest absolute Gasteiger partial charge is 0.161 e. The number of ketones is 1. The average molecular weight is 729 g/mol. The van der Waals surface area contributed by atoms with Gasteiger partial charge in [0.2, 0.25) is 0 Å². The van der Waals surface area contributed by atoms with Crippen LogP contribution in [0, 0.1) is 11.3 Å². The molecule has 54 heavy (non-hydrogen) atoms. The maximum Gasteiger partial charge on any atom is 0.161 e. The first-order chi connectivity index (χ1) is 26.3. The largest absolute Gasteiger partial charge is 0.506 e. The number of ether oxygens (including phenoxy) is 2. The molecule has 9 rings (SSSR count). The van der Waals surface area contributed by atoms with Gasteiger partial charge in [0.05, 0.1) is 36.5 Å². The van der Waals surface area contributed by atoms with E-state index in [-0.39, 0.29) is 34.9 Å². The Balaban J connectivity index is 1.17. The molecule has 5 aliphatic rings. The molecular formula is C45H52N4O5. The van der Waals surface area contributed by atoms with E-state index >= 15 is 0 Å². The molecule has 6 heterocycles. The van der Waals surface area contributed by atoms with Crippen molar-refractivity contribution in [3.05, 3.63) is 83.7 Å². The fourth-order valence-corrected chi connectivity index (χ4v) is 11.2. The number of allylic oxidation sites excluding steroid dienone is 3. The van der Waals surface area contributed by atoms with Gasteiger partial charge in [0.25, 0.3) is 0 Å². The number of pyridine rings is 1. The summed E-state index contributed by atoms with van der Waals surface area (Å²) in [6, 6.07) is 13.6. The van der Waals surface area contributed by atoms with Crippen LogP contribution in [0.1, 0.15) is 75.5 Å². The molecule has 3 fully saturated rings. The lowest BCUT2D eigenvalue weighted by Gasteiger charge is -2.58. The van der Waals surface area contributed by atoms with Crippen molar-refractivity contribution >= 4 is 39.2 Å². The third-order valence-corrected chi connectivity index (χ3v) is 13.4. The number of aromatic amines is 1. The Morgan fingerprint density at radius 3 is 2.67 bits per heavy atom. The minimum Gasteiger partial charge on any atom is -0.506 e. The number of fused-ring (bicyclic) bond motifs is 5. The number of H-pyrrole nitrogens is 1. The molecule has 0 saturated carbocycles. The first-order valence-corrected chi connectivity index (χ1v) is 19.9. The quantitative estimate of drug-likeness (QED) is 0.145. The topological polar surface area (TPSA) is 111 Å². The van der Waals surface area contributed by atoms with Crippen LogP contribution in [0.4, 0.5) is 0 Å². The molecular weight excluding hydrogens is 677 g/mol. The predicted molar refractivity (Wildman–Crippen MR) is 213 cm³/mol. The highest BCUT2D eigenvalue weighted by Gasteiger charge is 2.66. The summed E-state index contributed by atoms with van der Waals surface area (Å²) in [4.78, 5) is 27.9. The molecule has 282 valence electrons. The summed E-state index contributed by atoms with van der Waals surface area (Å²) in [5.74, 6) is 1.91. The first-order valence-electron chi connectivity index (χ1n) is 19.9. The van der Waals surface area contributed by atoms with E-state index in [1.165, 1.54) is 6.42 Å². The molecule has 1 spiro atoms. The molecule has 2 aromatic heterocycles. The fraction of sp³-hybridized carbons (Fsp3) is 0.467. The number of carbonyl (C=O) groups is 1. The number of nitrogens with one attached hydrogen (secondary N) is 1. The predicted octanol–water partition coefficient (Wildman–Crippen LogP) is 7.68. The molecule has 0 radical (unpaired) electrons. The Labute approximate surface area is 317 Å². The number of aliphatic hydroxyl groups is 1. The summed E-state index contributed by atoms with van der Waals surface area (Å²) in [6.07, 6.45) is 19.3. The number of Topliss-reactive ketones (excluding diaryl/α,β-unsaturated/α-hetero) is 1. The summed E-state index contributed by atoms with van der Waals surface area (Å²) < 4.78 is 11.0. The number of hydrogen-bond acceptors (Lipinski definition) is 8. The summed E-state index contributed by atoms with van der Waals surface area (Å²) in [5, 5.41) is 26.3. The SMILES string of the molecule is COc1ccc(/C=C2/CCN3[C@@H](CCC2=O)C[C@]24CN5CCCC/C=C\CC[C@](O)(C=C(c6nccc7c6[nH]c6c(O)cccc67)[C@@H]2CC5)[C@H]34)cc1OC. The van der Waals surface area contributed by atoms with E-state index in [4.69, 9.17) is 14.5 Å². The van der Waals surface area contributed by atoms with Gasteiger partial charge in [-0.3, -0.25) is 14.7 Å². The first kappa shape index (κ1) is 35.3. The Morgan fingerprint density at radius 2 is 1.80 bits per heavy atom. The number of nitrogens with zero attached hydrogens (tertiary/aromatic N) is 3. The number of hydrogen-bond donors (Lipinski definition) is 3. The highest BCUT2D eigenvalue weighted by Crippen LogP contribution is 2.62. The van der Waals surface area contributed by atoms with Crippen LogP contribution in [0.2, 0.25) is 0 Å². The molecule has 3 bridgehead atoms. The molecule has 1 aliphatic carbocycles. The number of phenols is 1. The van der Waals surface area contributed by atoms with Gasteiger partial charge in [0.15, 0.2) is 17.3 Å². The van der Waals surface area contributed by atoms with E-state index in [0.29, 0.717) is 42.8 Å². The second kappa shape index (κ2) is 14.0. The lowest BCUT2D eigenvalue weighted by molar-refractivity contribution is -0.116. The van der Waals surface area contributed by atoms with Gasteiger partial charge in [0.1, 0.15) is 5.75 Å². The van der Waals surface area contributed by atoms with Gasteiger partial charge in [0, 0.05) is 54.0 Å². The van der Waals surface area contributed by atoms with Gasteiger partial charge in [-0.1, -0.05) is 30.4 Å². The van der Waals surface area contributed by atoms with Crippen molar-refractivity contribution in [1.29, 1.82) is 0 Å². The van der Waals surface area contributed by atoms with Crippen LogP contribution in [0.15, 0.2) is 72.5 Å². The lowest BCUT2D eigenvalue weighted by atomic mass is 9.54. The van der Waals surface area contributed by atoms with E-state index in [2.05, 4.69) is 33.0 Å². The normalized spacial score (nSPS) is 31.8. The fourth-order valence-electron chi connectivity index (χ4n) is 11.2. The summed E-state index contributed by atoms with van der Waals surface area (Å²) in [5.41, 5.74) is 4.04. The number of aromatic hydroxyl groups is 1. The molecule has 4 aromatic rings. The van der Waals surface area contributed by atoms with E-state index in [1.54, 1.807) is 20.3 Å². The molecule has 2 aromatic carbocycles. The highest BCUT2D eigenvalue weighted by atomic mass is 16.5. The standard InChI is InChI=1S/C45H52N4O5/c1-53-38-15-12-29(25-39(38)54-2)24-30-17-23-49-31(13-14-36(30)50)26-44-28-48-21-8-6-4-3-5-7-19-45(52,43(44)49)27-34(35(44)18-22-48)41-42-33(16-20-46-41)32-10-9-11-37(51)40(32)47-42/h3,5,9-12,15-16,20,24-25,27,31,35,43,47,51-52H,4,6-8,13-14,17-19,21-23,26,28H2,1-2H3/b5-3-,30-24-/t31-,35-,43+,44-,45-/m0/s1. The van der Waals surface area contributed by atoms with E-state index in [9.17, 15) is 15.0 Å². The number of rotatable bonds is 4. The van der Waals surface area contributed by atoms with E-state index in [0.717, 1.165) is 96.9 Å². The minimum absolute atomic E-state index is 0.0952. The molecule has 6 atom stereocenters. The van der Waals surface area contributed by atoms with Crippen molar-refractivity contribution in [2.24, 2.45) is 11.3 Å². The van der Waals surface area contributed by atoms with Crippen molar-refractivity contribution in [2.75, 3.05) is 40.4 Å². The number of methoxy groups -OCH3 is 2. The summed E-state index contributed by atoms with van der Waals surface area (Å²) in [7, 11) is 3.26. The molecule has 3 N–H and O–H groups in total. The maximum absolute atomic E-state index is 13.9. The Morgan fingerprint density at radius 1 is 0.944 bits per heavy atom. The number of aromatic nitrogens is 2. The van der Waals surface area contributed by atoms with Crippen molar-refractivity contribution in [2.45, 2.75) is 81.9 Å². The molecule has 3 saturated heterocycles. The van der Waals surface area contributed by atoms with Crippen molar-refractivity contribution in [1.82, 2.24) is 19.8 Å². The number of phenolic OH excluding ortho intramolecular Hbond substituents is 1. The van der Waals surface area contributed by atoms with Crippen molar-refractivity contribution in [3.8, 4) is 17.2 Å². The van der Waals surface area contributed by atoms with Crippen LogP contribution in [0.25, 0.3) is 33.5 Å². The van der Waals surface area contributed by atoms with Gasteiger partial charge < -0.3 is 29.6 Å². The third kappa shape index (κ3) is 5.87. The van der Waals surface area contributed by atoms with Crippen molar-refractivity contribution < 1.29 is 24.5 Å². The van der Waals surface area contributed by atoms with Crippen LogP contribution in [-0.4, -0.2) is 93.8 Å². The molecule has 9 nitrogen and oxygen atoms in total. The minimum atomic E-state index is -1.11. The van der Waals surface area contributed by atoms with Gasteiger partial charge in [-0.25, -0.2) is 0 Å².